The zero-order valence-electron chi connectivity index (χ0n) is 17.2. The monoisotopic (exact) mass is 435 g/mol. The first-order chi connectivity index (χ1) is 15.0. The molecule has 0 N–H and O–H groups in total. The number of carbonyl (C=O) groups excluding carboxylic acids is 3. The second-order valence-corrected chi connectivity index (χ2v) is 7.95. The third kappa shape index (κ3) is 3.99. The summed E-state index contributed by atoms with van der Waals surface area (Å²) in [6.07, 6.45) is 0.555. The molecular formula is C23H21N3O4S. The molecule has 158 valence electrons. The van der Waals surface area contributed by atoms with Gasteiger partial charge in [-0.2, -0.15) is 0 Å². The minimum atomic E-state index is -0.387. The van der Waals surface area contributed by atoms with Gasteiger partial charge in [-0.3, -0.25) is 24.2 Å². The van der Waals surface area contributed by atoms with Gasteiger partial charge in [0.1, 0.15) is 0 Å². The highest BCUT2D eigenvalue weighted by Gasteiger charge is 2.36. The van der Waals surface area contributed by atoms with E-state index in [-0.39, 0.29) is 29.8 Å². The predicted molar refractivity (Wildman–Crippen MR) is 118 cm³/mol. The van der Waals surface area contributed by atoms with E-state index in [0.29, 0.717) is 35.0 Å². The molecular weight excluding hydrogens is 414 g/mol. The Morgan fingerprint density at radius 1 is 1.10 bits per heavy atom. The SMILES string of the molecule is COCCCN1C(=O)c2ccc(C(=O)N(c3ccccc3)c3nc(C)cs3)cc2C1=O. The molecule has 0 saturated heterocycles. The summed E-state index contributed by atoms with van der Waals surface area (Å²) in [5.74, 6) is -1.05. The first-order valence-corrected chi connectivity index (χ1v) is 10.7. The second kappa shape index (κ2) is 8.79. The normalized spacial score (nSPS) is 12.9. The Balaban J connectivity index is 1.68. The van der Waals surface area contributed by atoms with Crippen molar-refractivity contribution in [1.82, 2.24) is 9.88 Å². The molecule has 4 rings (SSSR count). The lowest BCUT2D eigenvalue weighted by molar-refractivity contribution is 0.0638. The zero-order valence-corrected chi connectivity index (χ0v) is 18.0. The Hall–Kier alpha value is -3.36. The van der Waals surface area contributed by atoms with E-state index >= 15 is 0 Å². The Labute approximate surface area is 183 Å². The predicted octanol–water partition coefficient (Wildman–Crippen LogP) is 4.06. The average Bonchev–Trinajstić information content (AvgIpc) is 3.31. The zero-order chi connectivity index (χ0) is 22.0. The molecule has 3 amide bonds. The Morgan fingerprint density at radius 2 is 1.84 bits per heavy atom. The van der Waals surface area contributed by atoms with Crippen molar-refractivity contribution in [2.45, 2.75) is 13.3 Å². The number of nitrogens with zero attached hydrogens (tertiary/aromatic N) is 3. The van der Waals surface area contributed by atoms with Crippen LogP contribution in [0.25, 0.3) is 0 Å². The summed E-state index contributed by atoms with van der Waals surface area (Å²) in [6.45, 7) is 2.60. The number of ether oxygens (including phenoxy) is 1. The van der Waals surface area contributed by atoms with Gasteiger partial charge in [-0.15, -0.1) is 11.3 Å². The van der Waals surface area contributed by atoms with Crippen molar-refractivity contribution < 1.29 is 19.1 Å². The van der Waals surface area contributed by atoms with Crippen molar-refractivity contribution in [3.8, 4) is 0 Å². The number of para-hydroxylation sites is 1. The highest BCUT2D eigenvalue weighted by atomic mass is 32.1. The lowest BCUT2D eigenvalue weighted by Crippen LogP contribution is -2.31. The third-order valence-electron chi connectivity index (χ3n) is 4.96. The molecule has 7 nitrogen and oxygen atoms in total. The number of benzene rings is 2. The van der Waals surface area contributed by atoms with Crippen LogP contribution in [0.3, 0.4) is 0 Å². The van der Waals surface area contributed by atoms with Crippen molar-refractivity contribution in [2.75, 3.05) is 25.2 Å². The van der Waals surface area contributed by atoms with Crippen molar-refractivity contribution in [2.24, 2.45) is 0 Å². The van der Waals surface area contributed by atoms with Gasteiger partial charge in [0, 0.05) is 31.2 Å². The maximum absolute atomic E-state index is 13.5. The van der Waals surface area contributed by atoms with Crippen LogP contribution in [0.1, 0.15) is 43.2 Å². The molecule has 0 unspecified atom stereocenters. The molecule has 0 fully saturated rings. The Kier molecular flexibility index (Phi) is 5.92. The minimum Gasteiger partial charge on any atom is -0.385 e. The lowest BCUT2D eigenvalue weighted by Gasteiger charge is -2.20. The van der Waals surface area contributed by atoms with Crippen LogP contribution in [-0.2, 0) is 4.74 Å². The molecule has 0 atom stereocenters. The van der Waals surface area contributed by atoms with Crippen LogP contribution < -0.4 is 4.90 Å². The molecule has 0 aliphatic carbocycles. The molecule has 1 aliphatic heterocycles. The number of fused-ring (bicyclic) bond motifs is 1. The Morgan fingerprint density at radius 3 is 2.52 bits per heavy atom. The third-order valence-corrected chi connectivity index (χ3v) is 5.91. The van der Waals surface area contributed by atoms with Crippen LogP contribution in [0.4, 0.5) is 10.8 Å². The highest BCUT2D eigenvalue weighted by molar-refractivity contribution is 7.14. The Bertz CT molecular complexity index is 1140. The number of hydrogen-bond donors (Lipinski definition) is 0. The van der Waals surface area contributed by atoms with Gasteiger partial charge < -0.3 is 4.74 Å². The van der Waals surface area contributed by atoms with E-state index in [4.69, 9.17) is 4.74 Å². The average molecular weight is 436 g/mol. The number of aryl methyl sites for hydroxylation is 1. The molecule has 31 heavy (non-hydrogen) atoms. The molecule has 0 saturated carbocycles. The molecule has 1 aliphatic rings. The fraction of sp³-hybridized carbons (Fsp3) is 0.217. The summed E-state index contributed by atoms with van der Waals surface area (Å²) in [7, 11) is 1.57. The van der Waals surface area contributed by atoms with E-state index in [1.807, 2.05) is 42.6 Å². The molecule has 8 heteroatoms. The van der Waals surface area contributed by atoms with Gasteiger partial charge in [0.25, 0.3) is 17.7 Å². The number of imide groups is 1. The first-order valence-electron chi connectivity index (χ1n) is 9.82. The number of methoxy groups -OCH3 is 1. The fourth-order valence-corrected chi connectivity index (χ4v) is 4.28. The molecule has 2 heterocycles. The number of thiazole rings is 1. The molecule has 0 spiro atoms. The van der Waals surface area contributed by atoms with E-state index < -0.39 is 0 Å². The van der Waals surface area contributed by atoms with E-state index in [9.17, 15) is 14.4 Å². The van der Waals surface area contributed by atoms with Crippen molar-refractivity contribution >= 4 is 39.9 Å². The van der Waals surface area contributed by atoms with Gasteiger partial charge in [-0.1, -0.05) is 18.2 Å². The largest absolute Gasteiger partial charge is 0.385 e. The van der Waals surface area contributed by atoms with Crippen molar-refractivity contribution in [1.29, 1.82) is 0 Å². The minimum absolute atomic E-state index is 0.247. The summed E-state index contributed by atoms with van der Waals surface area (Å²) < 4.78 is 5.01. The van der Waals surface area contributed by atoms with Gasteiger partial charge >= 0.3 is 0 Å². The molecule has 2 aromatic carbocycles. The molecule has 1 aromatic heterocycles. The van der Waals surface area contributed by atoms with E-state index in [0.717, 1.165) is 5.69 Å². The molecule has 3 aromatic rings. The van der Waals surface area contributed by atoms with Crippen LogP contribution in [-0.4, -0.2) is 47.9 Å². The maximum atomic E-state index is 13.5. The fourth-order valence-electron chi connectivity index (χ4n) is 3.46. The smallest absolute Gasteiger partial charge is 0.264 e. The van der Waals surface area contributed by atoms with Crippen LogP contribution in [0.5, 0.6) is 0 Å². The number of anilines is 2. The summed E-state index contributed by atoms with van der Waals surface area (Å²) in [5, 5.41) is 2.42. The topological polar surface area (TPSA) is 79.8 Å². The quantitative estimate of drug-likeness (QED) is 0.413. The van der Waals surface area contributed by atoms with Gasteiger partial charge in [-0.25, -0.2) is 4.98 Å². The lowest BCUT2D eigenvalue weighted by atomic mass is 10.0. The second-order valence-electron chi connectivity index (χ2n) is 7.12. The maximum Gasteiger partial charge on any atom is 0.264 e. The van der Waals surface area contributed by atoms with Gasteiger partial charge in [0.05, 0.1) is 22.5 Å². The standard InChI is InChI=1S/C23H21N3O4S/c1-15-14-31-23(24-15)26(17-7-4-3-5-8-17)20(27)16-9-10-18-19(13-16)22(29)25(21(18)28)11-6-12-30-2/h3-5,7-10,13-14H,6,11-12H2,1-2H3. The van der Waals surface area contributed by atoms with E-state index in [2.05, 4.69) is 4.98 Å². The van der Waals surface area contributed by atoms with Crippen LogP contribution >= 0.6 is 11.3 Å². The van der Waals surface area contributed by atoms with Crippen molar-refractivity contribution in [3.63, 3.8) is 0 Å². The van der Waals surface area contributed by atoms with E-state index in [1.54, 1.807) is 19.2 Å². The summed E-state index contributed by atoms with van der Waals surface area (Å²) >= 11 is 1.37. The number of amides is 3. The van der Waals surface area contributed by atoms with Gasteiger partial charge in [0.15, 0.2) is 5.13 Å². The van der Waals surface area contributed by atoms with E-state index in [1.165, 1.54) is 27.2 Å². The number of rotatable bonds is 7. The van der Waals surface area contributed by atoms with Gasteiger partial charge in [0.2, 0.25) is 0 Å². The first kappa shape index (κ1) is 20.9. The van der Waals surface area contributed by atoms with Crippen LogP contribution in [0.2, 0.25) is 0 Å². The van der Waals surface area contributed by atoms with Crippen LogP contribution in [0, 0.1) is 6.92 Å². The summed E-state index contributed by atoms with van der Waals surface area (Å²) in [5.41, 5.74) is 2.36. The highest BCUT2D eigenvalue weighted by Crippen LogP contribution is 2.31. The number of aromatic nitrogens is 1. The molecule has 0 radical (unpaired) electrons. The van der Waals surface area contributed by atoms with Crippen LogP contribution in [0.15, 0.2) is 53.9 Å². The summed E-state index contributed by atoms with van der Waals surface area (Å²) in [6, 6.07) is 13.9. The molecule has 0 bridgehead atoms. The van der Waals surface area contributed by atoms with Crippen molar-refractivity contribution in [3.05, 3.63) is 76.3 Å². The van der Waals surface area contributed by atoms with Gasteiger partial charge in [-0.05, 0) is 43.7 Å². The number of hydrogen-bond acceptors (Lipinski definition) is 6. The number of carbonyl (C=O) groups is 3. The summed E-state index contributed by atoms with van der Waals surface area (Å²) in [4.78, 5) is 46.1.